The molecule has 0 aliphatic rings. The predicted molar refractivity (Wildman–Crippen MR) is 95.3 cm³/mol. The van der Waals surface area contributed by atoms with E-state index in [1.165, 1.54) is 0 Å². The van der Waals surface area contributed by atoms with Crippen LogP contribution >= 0.6 is 15.9 Å². The molecule has 0 saturated heterocycles. The molecule has 112 valence electrons. The van der Waals surface area contributed by atoms with E-state index in [1.807, 2.05) is 52.9 Å². The van der Waals surface area contributed by atoms with E-state index >= 15 is 0 Å². The van der Waals surface area contributed by atoms with Crippen molar-refractivity contribution < 1.29 is 0 Å². The Balaban J connectivity index is 2.17. The summed E-state index contributed by atoms with van der Waals surface area (Å²) in [6.07, 6.45) is 1.75. The molecule has 2 heterocycles. The lowest BCUT2D eigenvalue weighted by molar-refractivity contribution is 1.20. The maximum absolute atomic E-state index is 9.76. The third-order valence-corrected chi connectivity index (χ3v) is 4.49. The number of nitrogens with zero attached hydrogens (tertiary/aromatic N) is 4. The Morgan fingerprint density at radius 3 is 2.42 bits per heavy atom. The molecule has 0 unspecified atom stereocenters. The van der Waals surface area contributed by atoms with Crippen LogP contribution in [0.2, 0.25) is 0 Å². The van der Waals surface area contributed by atoms with E-state index in [4.69, 9.17) is 0 Å². The summed E-state index contributed by atoms with van der Waals surface area (Å²) in [6, 6.07) is 19.7. The summed E-state index contributed by atoms with van der Waals surface area (Å²) in [7, 11) is 0. The molecule has 4 rings (SSSR count). The molecule has 0 radical (unpaired) electrons. The van der Waals surface area contributed by atoms with Gasteiger partial charge in [0.1, 0.15) is 17.7 Å². The van der Waals surface area contributed by atoms with Crippen molar-refractivity contribution in [2.45, 2.75) is 0 Å². The Labute approximate surface area is 146 Å². The molecule has 0 aliphatic carbocycles. The van der Waals surface area contributed by atoms with Crippen molar-refractivity contribution in [1.82, 2.24) is 9.38 Å². The van der Waals surface area contributed by atoms with E-state index in [1.54, 1.807) is 6.20 Å². The first-order valence-electron chi connectivity index (χ1n) is 7.23. The third kappa shape index (κ3) is 2.07. The van der Waals surface area contributed by atoms with Gasteiger partial charge in [0.05, 0.1) is 16.6 Å². The van der Waals surface area contributed by atoms with Crippen LogP contribution < -0.4 is 0 Å². The monoisotopic (exact) mass is 372 g/mol. The minimum atomic E-state index is 0.410. The lowest BCUT2D eigenvalue weighted by Gasteiger charge is -2.09. The van der Waals surface area contributed by atoms with Crippen molar-refractivity contribution in [2.24, 2.45) is 0 Å². The highest BCUT2D eigenvalue weighted by atomic mass is 79.9. The first kappa shape index (κ1) is 14.4. The summed E-state index contributed by atoms with van der Waals surface area (Å²) in [5.74, 6) is 0. The number of pyridine rings is 1. The summed E-state index contributed by atoms with van der Waals surface area (Å²) in [5, 5.41) is 19.4. The molecule has 2 aromatic heterocycles. The molecule has 4 nitrogen and oxygen atoms in total. The van der Waals surface area contributed by atoms with Gasteiger partial charge in [-0.2, -0.15) is 10.5 Å². The maximum atomic E-state index is 9.76. The number of nitriles is 2. The highest BCUT2D eigenvalue weighted by Crippen LogP contribution is 2.32. The zero-order valence-electron chi connectivity index (χ0n) is 12.4. The van der Waals surface area contributed by atoms with Crippen molar-refractivity contribution in [1.29, 1.82) is 10.5 Å². The van der Waals surface area contributed by atoms with Crippen LogP contribution in [0.25, 0.3) is 27.8 Å². The van der Waals surface area contributed by atoms with Crippen LogP contribution in [0.1, 0.15) is 11.1 Å². The predicted octanol–water partition coefficient (Wildman–Crippen LogP) is 4.66. The highest BCUT2D eigenvalue weighted by Gasteiger charge is 2.18. The van der Waals surface area contributed by atoms with E-state index < -0.39 is 0 Å². The number of halogens is 1. The number of hydrogen-bond donors (Lipinski definition) is 0. The van der Waals surface area contributed by atoms with Gasteiger partial charge in [0.2, 0.25) is 0 Å². The van der Waals surface area contributed by atoms with Gasteiger partial charge in [-0.3, -0.25) is 4.40 Å². The molecule has 0 fully saturated rings. The second kappa shape index (κ2) is 5.49. The standard InChI is InChI=1S/C19H9BrN4/c20-14-7-5-12(6-8-14)18-13(9-21)11-24-17-4-2-1-3-16(17)23-19(24)15(18)10-22/h1-8,11H. The van der Waals surface area contributed by atoms with Crippen molar-refractivity contribution in [3.8, 4) is 23.3 Å². The molecular weight excluding hydrogens is 364 g/mol. The normalized spacial score (nSPS) is 10.6. The Morgan fingerprint density at radius 2 is 1.71 bits per heavy atom. The molecule has 5 heteroatoms. The fourth-order valence-corrected chi connectivity index (χ4v) is 3.16. The van der Waals surface area contributed by atoms with E-state index in [2.05, 4.69) is 33.1 Å². The lowest BCUT2D eigenvalue weighted by Crippen LogP contribution is -1.97. The van der Waals surface area contributed by atoms with Crippen molar-refractivity contribution in [3.63, 3.8) is 0 Å². The average Bonchev–Trinajstić information content (AvgIpc) is 2.99. The molecular formula is C19H9BrN4. The number of rotatable bonds is 1. The fraction of sp³-hybridized carbons (Fsp3) is 0. The molecule has 4 aromatic rings. The Hall–Kier alpha value is -3.15. The van der Waals surface area contributed by atoms with E-state index in [0.717, 1.165) is 21.1 Å². The van der Waals surface area contributed by atoms with Crippen molar-refractivity contribution in [3.05, 3.63) is 70.3 Å². The van der Waals surface area contributed by atoms with E-state index in [0.29, 0.717) is 22.3 Å². The van der Waals surface area contributed by atoms with Gasteiger partial charge in [-0.25, -0.2) is 4.98 Å². The maximum Gasteiger partial charge on any atom is 0.156 e. The smallest absolute Gasteiger partial charge is 0.156 e. The summed E-state index contributed by atoms with van der Waals surface area (Å²) in [5.41, 5.74) is 4.54. The van der Waals surface area contributed by atoms with Crippen LogP contribution in [0.15, 0.2) is 59.2 Å². The second-order valence-electron chi connectivity index (χ2n) is 5.32. The van der Waals surface area contributed by atoms with Crippen LogP contribution in [-0.4, -0.2) is 9.38 Å². The number of imidazole rings is 1. The third-order valence-electron chi connectivity index (χ3n) is 3.96. The van der Waals surface area contributed by atoms with Crippen LogP contribution in [0.3, 0.4) is 0 Å². The van der Waals surface area contributed by atoms with Gasteiger partial charge in [0.15, 0.2) is 5.65 Å². The van der Waals surface area contributed by atoms with E-state index in [-0.39, 0.29) is 0 Å². The van der Waals surface area contributed by atoms with Crippen LogP contribution in [-0.2, 0) is 0 Å². The van der Waals surface area contributed by atoms with Crippen LogP contribution in [0.5, 0.6) is 0 Å². The first-order valence-corrected chi connectivity index (χ1v) is 8.02. The summed E-state index contributed by atoms with van der Waals surface area (Å²) < 4.78 is 2.75. The number of benzene rings is 2. The Bertz CT molecular complexity index is 1170. The van der Waals surface area contributed by atoms with Gasteiger partial charge in [-0.1, -0.05) is 40.2 Å². The van der Waals surface area contributed by atoms with E-state index in [9.17, 15) is 10.5 Å². The van der Waals surface area contributed by atoms with Crippen molar-refractivity contribution in [2.75, 3.05) is 0 Å². The largest absolute Gasteiger partial charge is 0.297 e. The molecule has 0 spiro atoms. The molecule has 0 amide bonds. The number of fused-ring (bicyclic) bond motifs is 3. The molecule has 0 aliphatic heterocycles. The Kier molecular flexibility index (Phi) is 3.30. The SMILES string of the molecule is N#Cc1cn2c(nc3ccccc32)c(C#N)c1-c1ccc(Br)cc1. The zero-order chi connectivity index (χ0) is 16.7. The van der Waals surface area contributed by atoms with Crippen LogP contribution in [0, 0.1) is 22.7 Å². The fourth-order valence-electron chi connectivity index (χ4n) is 2.90. The summed E-state index contributed by atoms with van der Waals surface area (Å²) in [6.45, 7) is 0. The molecule has 0 saturated carbocycles. The van der Waals surface area contributed by atoms with Gasteiger partial charge in [-0.05, 0) is 29.8 Å². The number of para-hydroxylation sites is 2. The van der Waals surface area contributed by atoms with Gasteiger partial charge in [-0.15, -0.1) is 0 Å². The molecule has 0 bridgehead atoms. The highest BCUT2D eigenvalue weighted by molar-refractivity contribution is 9.10. The summed E-state index contributed by atoms with van der Waals surface area (Å²) in [4.78, 5) is 4.59. The van der Waals surface area contributed by atoms with Gasteiger partial charge in [0.25, 0.3) is 0 Å². The number of aromatic nitrogens is 2. The topological polar surface area (TPSA) is 64.9 Å². The van der Waals surface area contributed by atoms with Gasteiger partial charge >= 0.3 is 0 Å². The van der Waals surface area contributed by atoms with Crippen LogP contribution in [0.4, 0.5) is 0 Å². The molecule has 2 aromatic carbocycles. The Morgan fingerprint density at radius 1 is 0.958 bits per heavy atom. The minimum absolute atomic E-state index is 0.410. The summed E-state index contributed by atoms with van der Waals surface area (Å²) >= 11 is 3.41. The minimum Gasteiger partial charge on any atom is -0.297 e. The first-order chi connectivity index (χ1) is 11.7. The second-order valence-corrected chi connectivity index (χ2v) is 6.23. The zero-order valence-corrected chi connectivity index (χ0v) is 13.9. The molecule has 0 N–H and O–H groups in total. The van der Waals surface area contributed by atoms with Gasteiger partial charge < -0.3 is 0 Å². The number of hydrogen-bond acceptors (Lipinski definition) is 3. The quantitative estimate of drug-likeness (QED) is 0.487. The molecule has 24 heavy (non-hydrogen) atoms. The van der Waals surface area contributed by atoms with Gasteiger partial charge in [0, 0.05) is 16.2 Å². The lowest BCUT2D eigenvalue weighted by atomic mass is 9.97. The average molecular weight is 373 g/mol. The molecule has 0 atom stereocenters. The van der Waals surface area contributed by atoms with Crippen molar-refractivity contribution >= 4 is 32.6 Å².